The molecule has 88 valence electrons. The molecule has 0 bridgehead atoms. The molecular weight excluding hydrogens is 206 g/mol. The summed E-state index contributed by atoms with van der Waals surface area (Å²) in [5.41, 5.74) is 0. The molecule has 5 nitrogen and oxygen atoms in total. The summed E-state index contributed by atoms with van der Waals surface area (Å²) < 4.78 is 10.5. The van der Waals surface area contributed by atoms with E-state index in [9.17, 15) is 0 Å². The summed E-state index contributed by atoms with van der Waals surface area (Å²) in [5, 5.41) is 12.6. The molecule has 16 heavy (non-hydrogen) atoms. The van der Waals surface area contributed by atoms with Gasteiger partial charge in [-0.2, -0.15) is 10.2 Å². The first-order valence-corrected chi connectivity index (χ1v) is 5.54. The zero-order valence-electron chi connectivity index (χ0n) is 9.93. The Kier molecular flexibility index (Phi) is 4.93. The maximum atomic E-state index is 8.68. The van der Waals surface area contributed by atoms with Crippen molar-refractivity contribution in [3.63, 3.8) is 0 Å². The number of nitriles is 1. The summed E-state index contributed by atoms with van der Waals surface area (Å²) >= 11 is 0. The fraction of sp³-hybridized carbons (Fsp3) is 0.727. The van der Waals surface area contributed by atoms with Gasteiger partial charge in [0, 0.05) is 13.0 Å². The summed E-state index contributed by atoms with van der Waals surface area (Å²) in [6, 6.07) is 2.13. The second-order valence-electron chi connectivity index (χ2n) is 3.63. The summed E-state index contributed by atoms with van der Waals surface area (Å²) in [5.74, 6) is 0.965. The van der Waals surface area contributed by atoms with Gasteiger partial charge in [0.05, 0.1) is 12.0 Å². The fourth-order valence-corrected chi connectivity index (χ4v) is 1.37. The van der Waals surface area contributed by atoms with Gasteiger partial charge in [-0.05, 0) is 20.3 Å². The Hall–Kier alpha value is -1.41. The van der Waals surface area contributed by atoms with E-state index in [0.29, 0.717) is 24.7 Å². The molecule has 0 aliphatic rings. The number of aromatic nitrogens is 2. The molecule has 0 aromatic carbocycles. The van der Waals surface area contributed by atoms with Crippen molar-refractivity contribution in [3.05, 3.63) is 11.7 Å². The molecule has 2 unspecified atom stereocenters. The predicted molar refractivity (Wildman–Crippen MR) is 57.4 cm³/mol. The van der Waals surface area contributed by atoms with Crippen LogP contribution >= 0.6 is 0 Å². The highest BCUT2D eigenvalue weighted by molar-refractivity contribution is 4.94. The molecule has 1 heterocycles. The Labute approximate surface area is 95.4 Å². The summed E-state index contributed by atoms with van der Waals surface area (Å²) in [6.07, 6.45) is 1.19. The van der Waals surface area contributed by atoms with E-state index in [0.717, 1.165) is 6.42 Å². The van der Waals surface area contributed by atoms with Gasteiger partial charge in [-0.15, -0.1) is 0 Å². The molecule has 1 aromatic rings. The lowest BCUT2D eigenvalue weighted by atomic mass is 10.1. The van der Waals surface area contributed by atoms with Crippen LogP contribution in [0.4, 0.5) is 0 Å². The molecule has 0 amide bonds. The van der Waals surface area contributed by atoms with Gasteiger partial charge in [-0.3, -0.25) is 0 Å². The molecule has 1 rings (SSSR count). The van der Waals surface area contributed by atoms with Crippen LogP contribution in [0.15, 0.2) is 4.52 Å². The first kappa shape index (κ1) is 12.7. The maximum absolute atomic E-state index is 8.68. The molecular formula is C11H17N3O2. The Bertz CT molecular complexity index is 356. The number of ether oxygens (including phenoxy) is 1. The Morgan fingerprint density at radius 1 is 1.50 bits per heavy atom. The van der Waals surface area contributed by atoms with Crippen LogP contribution in [0.2, 0.25) is 0 Å². The highest BCUT2D eigenvalue weighted by atomic mass is 16.5. The van der Waals surface area contributed by atoms with E-state index < -0.39 is 0 Å². The molecule has 0 aliphatic heterocycles. The second kappa shape index (κ2) is 6.23. The lowest BCUT2D eigenvalue weighted by molar-refractivity contribution is 0.0518. The van der Waals surface area contributed by atoms with Crippen LogP contribution in [0.25, 0.3) is 0 Å². The van der Waals surface area contributed by atoms with Crippen LogP contribution in [0.3, 0.4) is 0 Å². The van der Waals surface area contributed by atoms with Gasteiger partial charge in [-0.25, -0.2) is 0 Å². The van der Waals surface area contributed by atoms with Crippen molar-refractivity contribution in [2.24, 2.45) is 5.92 Å². The zero-order chi connectivity index (χ0) is 12.0. The molecule has 5 heteroatoms. The summed E-state index contributed by atoms with van der Waals surface area (Å²) in [6.45, 7) is 6.39. The van der Waals surface area contributed by atoms with Gasteiger partial charge < -0.3 is 9.26 Å². The topological polar surface area (TPSA) is 71.9 Å². The average molecular weight is 223 g/mol. The van der Waals surface area contributed by atoms with Gasteiger partial charge >= 0.3 is 0 Å². The van der Waals surface area contributed by atoms with E-state index in [1.165, 1.54) is 0 Å². The van der Waals surface area contributed by atoms with Crippen molar-refractivity contribution in [2.75, 3.05) is 6.61 Å². The van der Waals surface area contributed by atoms with Crippen molar-refractivity contribution in [3.8, 4) is 6.07 Å². The van der Waals surface area contributed by atoms with Gasteiger partial charge in [0.2, 0.25) is 11.7 Å². The van der Waals surface area contributed by atoms with Crippen molar-refractivity contribution in [1.82, 2.24) is 10.1 Å². The number of nitrogens with zero attached hydrogens (tertiary/aromatic N) is 3. The fourth-order valence-electron chi connectivity index (χ4n) is 1.37. The van der Waals surface area contributed by atoms with Gasteiger partial charge in [-0.1, -0.05) is 12.1 Å². The quantitative estimate of drug-likeness (QED) is 0.739. The van der Waals surface area contributed by atoms with E-state index >= 15 is 0 Å². The predicted octanol–water partition coefficient (Wildman–Crippen LogP) is 2.26. The van der Waals surface area contributed by atoms with Crippen LogP contribution in [0, 0.1) is 17.2 Å². The third-order valence-electron chi connectivity index (χ3n) is 2.21. The molecule has 0 aliphatic carbocycles. The van der Waals surface area contributed by atoms with E-state index in [4.69, 9.17) is 14.5 Å². The molecule has 0 N–H and O–H groups in total. The molecule has 0 radical (unpaired) electrons. The Morgan fingerprint density at radius 3 is 2.81 bits per heavy atom. The van der Waals surface area contributed by atoms with Crippen LogP contribution in [0.1, 0.15) is 45.0 Å². The van der Waals surface area contributed by atoms with E-state index in [1.807, 2.05) is 20.8 Å². The molecule has 0 saturated heterocycles. The Balaban J connectivity index is 2.66. The third kappa shape index (κ3) is 3.31. The van der Waals surface area contributed by atoms with Crippen LogP contribution in [-0.4, -0.2) is 16.7 Å². The minimum absolute atomic E-state index is 0.111. The molecule has 0 fully saturated rings. The monoisotopic (exact) mass is 223 g/mol. The lowest BCUT2D eigenvalue weighted by Crippen LogP contribution is -2.05. The molecule has 1 aromatic heterocycles. The van der Waals surface area contributed by atoms with Crippen molar-refractivity contribution >= 4 is 0 Å². The van der Waals surface area contributed by atoms with Gasteiger partial charge in [0.1, 0.15) is 6.10 Å². The maximum Gasteiger partial charge on any atom is 0.228 e. The van der Waals surface area contributed by atoms with Crippen LogP contribution < -0.4 is 0 Å². The van der Waals surface area contributed by atoms with E-state index in [1.54, 1.807) is 0 Å². The normalized spacial score (nSPS) is 14.4. The first-order valence-electron chi connectivity index (χ1n) is 5.54. The summed E-state index contributed by atoms with van der Waals surface area (Å²) in [4.78, 5) is 4.23. The number of rotatable bonds is 6. The highest BCUT2D eigenvalue weighted by Crippen LogP contribution is 2.18. The Morgan fingerprint density at radius 2 is 2.25 bits per heavy atom. The largest absolute Gasteiger partial charge is 0.370 e. The number of hydrogen-bond acceptors (Lipinski definition) is 5. The smallest absolute Gasteiger partial charge is 0.228 e. The van der Waals surface area contributed by atoms with Crippen molar-refractivity contribution in [1.29, 1.82) is 5.26 Å². The standard InChI is InChI=1S/C11H17N3O2/c1-4-9(15-5-2)11-13-10(16-14-11)6-8(3)7-12/h8-9H,4-6H2,1-3H3. The summed E-state index contributed by atoms with van der Waals surface area (Å²) in [7, 11) is 0. The SMILES string of the molecule is CCOC(CC)c1noc(CC(C)C#N)n1. The van der Waals surface area contributed by atoms with Gasteiger partial charge in [0.25, 0.3) is 0 Å². The average Bonchev–Trinajstić information content (AvgIpc) is 2.74. The van der Waals surface area contributed by atoms with Gasteiger partial charge in [0.15, 0.2) is 0 Å². The van der Waals surface area contributed by atoms with Crippen molar-refractivity contribution in [2.45, 2.75) is 39.7 Å². The third-order valence-corrected chi connectivity index (χ3v) is 2.21. The molecule has 2 atom stereocenters. The van der Waals surface area contributed by atoms with E-state index in [-0.39, 0.29) is 12.0 Å². The molecule has 0 saturated carbocycles. The highest BCUT2D eigenvalue weighted by Gasteiger charge is 2.17. The minimum atomic E-state index is -0.111. The minimum Gasteiger partial charge on any atom is -0.370 e. The van der Waals surface area contributed by atoms with Crippen LogP contribution in [0.5, 0.6) is 0 Å². The van der Waals surface area contributed by atoms with Crippen LogP contribution in [-0.2, 0) is 11.2 Å². The zero-order valence-corrected chi connectivity index (χ0v) is 9.93. The second-order valence-corrected chi connectivity index (χ2v) is 3.63. The van der Waals surface area contributed by atoms with Crippen molar-refractivity contribution < 1.29 is 9.26 Å². The molecule has 0 spiro atoms. The van der Waals surface area contributed by atoms with E-state index in [2.05, 4.69) is 16.2 Å². The first-order chi connectivity index (χ1) is 7.71. The lowest BCUT2D eigenvalue weighted by Gasteiger charge is -2.09. The number of hydrogen-bond donors (Lipinski definition) is 0.